The lowest BCUT2D eigenvalue weighted by atomic mass is 10.0. The van der Waals surface area contributed by atoms with E-state index in [1.54, 1.807) is 0 Å². The molecule has 2 saturated heterocycles. The van der Waals surface area contributed by atoms with Crippen LogP contribution >= 0.6 is 0 Å². The molecule has 0 unspecified atom stereocenters. The van der Waals surface area contributed by atoms with Crippen molar-refractivity contribution in [1.82, 2.24) is 15.1 Å². The second-order valence-electron chi connectivity index (χ2n) is 5.72. The Balaban J connectivity index is 1.39. The number of hydrogen-bond donors (Lipinski definition) is 1. The Labute approximate surface area is 120 Å². The summed E-state index contributed by atoms with van der Waals surface area (Å²) in [4.78, 5) is 16.6. The molecule has 1 N–H and O–H groups in total. The number of piperazine rings is 1. The molecule has 1 aromatic carbocycles. The van der Waals surface area contributed by atoms with Crippen LogP contribution in [0.15, 0.2) is 30.3 Å². The van der Waals surface area contributed by atoms with Crippen molar-refractivity contribution < 1.29 is 4.79 Å². The first-order valence-electron chi connectivity index (χ1n) is 7.59. The van der Waals surface area contributed by atoms with Crippen LogP contribution in [0.5, 0.6) is 0 Å². The fourth-order valence-electron chi connectivity index (χ4n) is 2.99. The molecule has 0 aliphatic carbocycles. The van der Waals surface area contributed by atoms with Gasteiger partial charge in [0.1, 0.15) is 0 Å². The van der Waals surface area contributed by atoms with E-state index < -0.39 is 0 Å². The molecule has 2 heterocycles. The van der Waals surface area contributed by atoms with Crippen molar-refractivity contribution in [1.29, 1.82) is 0 Å². The third-order valence-electron chi connectivity index (χ3n) is 4.35. The van der Waals surface area contributed by atoms with Crippen molar-refractivity contribution in [2.75, 3.05) is 39.3 Å². The van der Waals surface area contributed by atoms with Crippen molar-refractivity contribution in [2.45, 2.75) is 18.9 Å². The van der Waals surface area contributed by atoms with E-state index in [2.05, 4.69) is 22.3 Å². The van der Waals surface area contributed by atoms with Gasteiger partial charge in [0.25, 0.3) is 0 Å². The van der Waals surface area contributed by atoms with Gasteiger partial charge in [-0.15, -0.1) is 0 Å². The Bertz CT molecular complexity index is 436. The zero-order valence-corrected chi connectivity index (χ0v) is 11.9. The minimum atomic E-state index is 0.306. The molecule has 2 aliphatic rings. The Morgan fingerprint density at radius 2 is 1.85 bits per heavy atom. The minimum Gasteiger partial charge on any atom is -0.339 e. The number of likely N-dealkylation sites (tertiary alicyclic amines) is 1. The molecular formula is C16H23N3O. The molecule has 0 bridgehead atoms. The van der Waals surface area contributed by atoms with Gasteiger partial charge in [0.2, 0.25) is 5.91 Å². The number of nitrogens with zero attached hydrogens (tertiary/aromatic N) is 2. The SMILES string of the molecule is O=C(CCc1ccccc1)N1CC(N2CCNCC2)C1. The largest absolute Gasteiger partial charge is 0.339 e. The van der Waals surface area contributed by atoms with E-state index >= 15 is 0 Å². The summed E-state index contributed by atoms with van der Waals surface area (Å²) in [5, 5.41) is 3.37. The molecule has 0 saturated carbocycles. The molecule has 0 spiro atoms. The predicted octanol–water partition coefficient (Wildman–Crippen LogP) is 0.735. The normalized spacial score (nSPS) is 20.7. The number of hydrogen-bond acceptors (Lipinski definition) is 3. The maximum Gasteiger partial charge on any atom is 0.223 e. The smallest absolute Gasteiger partial charge is 0.223 e. The van der Waals surface area contributed by atoms with E-state index in [0.717, 1.165) is 45.7 Å². The molecule has 3 rings (SSSR count). The molecular weight excluding hydrogens is 250 g/mol. The summed E-state index contributed by atoms with van der Waals surface area (Å²) in [5.74, 6) is 0.306. The van der Waals surface area contributed by atoms with Gasteiger partial charge in [0.15, 0.2) is 0 Å². The second kappa shape index (κ2) is 6.37. The summed E-state index contributed by atoms with van der Waals surface area (Å²) in [6.45, 7) is 6.26. The lowest BCUT2D eigenvalue weighted by Crippen LogP contribution is -2.63. The Morgan fingerprint density at radius 3 is 2.55 bits per heavy atom. The topological polar surface area (TPSA) is 35.6 Å². The van der Waals surface area contributed by atoms with Crippen molar-refractivity contribution in [2.24, 2.45) is 0 Å². The molecule has 2 aliphatic heterocycles. The number of benzene rings is 1. The van der Waals surface area contributed by atoms with Crippen LogP contribution < -0.4 is 5.32 Å². The molecule has 4 heteroatoms. The summed E-state index contributed by atoms with van der Waals surface area (Å²) < 4.78 is 0. The number of rotatable bonds is 4. The third kappa shape index (κ3) is 3.19. The third-order valence-corrected chi connectivity index (χ3v) is 4.35. The standard InChI is InChI=1S/C16H23N3O/c20-16(7-6-14-4-2-1-3-5-14)19-12-15(13-19)18-10-8-17-9-11-18/h1-5,15,17H,6-13H2. The summed E-state index contributed by atoms with van der Waals surface area (Å²) >= 11 is 0. The molecule has 0 radical (unpaired) electrons. The van der Waals surface area contributed by atoms with Crippen LogP contribution in [0.4, 0.5) is 0 Å². The fraction of sp³-hybridized carbons (Fsp3) is 0.562. The first-order chi connectivity index (χ1) is 9.83. The quantitative estimate of drug-likeness (QED) is 0.879. The Hall–Kier alpha value is -1.39. The van der Waals surface area contributed by atoms with Gasteiger partial charge < -0.3 is 10.2 Å². The van der Waals surface area contributed by atoms with Crippen molar-refractivity contribution in [3.63, 3.8) is 0 Å². The van der Waals surface area contributed by atoms with Crippen LogP contribution in [0, 0.1) is 0 Å². The van der Waals surface area contributed by atoms with Gasteiger partial charge in [-0.05, 0) is 12.0 Å². The molecule has 2 fully saturated rings. The highest BCUT2D eigenvalue weighted by atomic mass is 16.2. The van der Waals surface area contributed by atoms with Crippen molar-refractivity contribution in [3.8, 4) is 0 Å². The summed E-state index contributed by atoms with van der Waals surface area (Å²) in [5.41, 5.74) is 1.25. The first kappa shape index (κ1) is 13.6. The highest BCUT2D eigenvalue weighted by molar-refractivity contribution is 5.77. The van der Waals surface area contributed by atoms with Gasteiger partial charge in [-0.1, -0.05) is 30.3 Å². The van der Waals surface area contributed by atoms with Gasteiger partial charge in [0, 0.05) is 51.7 Å². The molecule has 0 atom stereocenters. The number of nitrogens with one attached hydrogen (secondary N) is 1. The number of amides is 1. The monoisotopic (exact) mass is 273 g/mol. The zero-order chi connectivity index (χ0) is 13.8. The minimum absolute atomic E-state index is 0.306. The van der Waals surface area contributed by atoms with Gasteiger partial charge in [-0.25, -0.2) is 0 Å². The average molecular weight is 273 g/mol. The van der Waals surface area contributed by atoms with Gasteiger partial charge in [0.05, 0.1) is 0 Å². The van der Waals surface area contributed by atoms with Crippen LogP contribution in [0.2, 0.25) is 0 Å². The first-order valence-corrected chi connectivity index (χ1v) is 7.59. The van der Waals surface area contributed by atoms with Crippen LogP contribution in [0.25, 0.3) is 0 Å². The maximum absolute atomic E-state index is 12.1. The molecule has 1 amide bonds. The van der Waals surface area contributed by atoms with Gasteiger partial charge >= 0.3 is 0 Å². The molecule has 1 aromatic rings. The molecule has 20 heavy (non-hydrogen) atoms. The summed E-state index contributed by atoms with van der Waals surface area (Å²) in [6, 6.07) is 10.9. The highest BCUT2D eigenvalue weighted by Crippen LogP contribution is 2.17. The van der Waals surface area contributed by atoms with Crippen LogP contribution in [-0.4, -0.2) is 61.0 Å². The molecule has 0 aromatic heterocycles. The number of carbonyl (C=O) groups excluding carboxylic acids is 1. The van der Waals surface area contributed by atoms with Crippen LogP contribution in [0.3, 0.4) is 0 Å². The van der Waals surface area contributed by atoms with E-state index in [1.165, 1.54) is 5.56 Å². The fourth-order valence-corrected chi connectivity index (χ4v) is 2.99. The van der Waals surface area contributed by atoms with Gasteiger partial charge in [-0.3, -0.25) is 9.69 Å². The zero-order valence-electron chi connectivity index (χ0n) is 11.9. The van der Waals surface area contributed by atoms with Crippen molar-refractivity contribution >= 4 is 5.91 Å². The average Bonchev–Trinajstić information content (AvgIpc) is 2.46. The van der Waals surface area contributed by atoms with E-state index in [4.69, 9.17) is 0 Å². The van der Waals surface area contributed by atoms with E-state index in [9.17, 15) is 4.79 Å². The van der Waals surface area contributed by atoms with E-state index in [0.29, 0.717) is 18.4 Å². The molecule has 108 valence electrons. The Kier molecular flexibility index (Phi) is 4.33. The van der Waals surface area contributed by atoms with Crippen LogP contribution in [-0.2, 0) is 11.2 Å². The van der Waals surface area contributed by atoms with E-state index in [1.807, 2.05) is 23.1 Å². The lowest BCUT2D eigenvalue weighted by Gasteiger charge is -2.46. The van der Waals surface area contributed by atoms with Crippen LogP contribution in [0.1, 0.15) is 12.0 Å². The highest BCUT2D eigenvalue weighted by Gasteiger charge is 2.34. The summed E-state index contributed by atoms with van der Waals surface area (Å²) in [7, 11) is 0. The predicted molar refractivity (Wildman–Crippen MR) is 79.6 cm³/mol. The van der Waals surface area contributed by atoms with E-state index in [-0.39, 0.29) is 0 Å². The summed E-state index contributed by atoms with van der Waals surface area (Å²) in [6.07, 6.45) is 1.49. The second-order valence-corrected chi connectivity index (χ2v) is 5.72. The van der Waals surface area contributed by atoms with Crippen molar-refractivity contribution in [3.05, 3.63) is 35.9 Å². The number of aryl methyl sites for hydroxylation is 1. The number of carbonyl (C=O) groups is 1. The molecule has 4 nitrogen and oxygen atoms in total. The lowest BCUT2D eigenvalue weighted by molar-refractivity contribution is -0.138. The Morgan fingerprint density at radius 1 is 1.15 bits per heavy atom. The maximum atomic E-state index is 12.1. The van der Waals surface area contributed by atoms with Gasteiger partial charge in [-0.2, -0.15) is 0 Å².